The molecule has 2 unspecified atom stereocenters. The monoisotopic (exact) mass is 428 g/mol. The molecule has 1 saturated heterocycles. The van der Waals surface area contributed by atoms with Crippen molar-refractivity contribution in [2.75, 3.05) is 26.2 Å². The Bertz CT molecular complexity index is 477. The minimum atomic E-state index is 0. The third-order valence-electron chi connectivity index (χ3n) is 5.00. The van der Waals surface area contributed by atoms with Gasteiger partial charge < -0.3 is 10.2 Å². The summed E-state index contributed by atoms with van der Waals surface area (Å²) in [4.78, 5) is 11.5. The highest BCUT2D eigenvalue weighted by Crippen LogP contribution is 2.35. The predicted molar refractivity (Wildman–Crippen MR) is 106 cm³/mol. The van der Waals surface area contributed by atoms with E-state index in [-0.39, 0.29) is 24.0 Å². The van der Waals surface area contributed by atoms with Gasteiger partial charge in [0.1, 0.15) is 0 Å². The van der Waals surface area contributed by atoms with E-state index in [1.54, 1.807) is 0 Å². The minimum absolute atomic E-state index is 0. The van der Waals surface area contributed by atoms with Crippen molar-refractivity contribution in [1.29, 1.82) is 0 Å². The van der Waals surface area contributed by atoms with Crippen molar-refractivity contribution in [2.45, 2.75) is 39.0 Å². The van der Waals surface area contributed by atoms with Gasteiger partial charge in [-0.2, -0.15) is 0 Å². The molecule has 3 rings (SSSR count). The fourth-order valence-corrected chi connectivity index (χ4v) is 3.84. The lowest BCUT2D eigenvalue weighted by molar-refractivity contribution is 0.299. The summed E-state index contributed by atoms with van der Waals surface area (Å²) in [5, 5.41) is 3.48. The van der Waals surface area contributed by atoms with Crippen LogP contribution in [-0.4, -0.2) is 42.0 Å². The van der Waals surface area contributed by atoms with E-state index in [9.17, 15) is 0 Å². The summed E-state index contributed by atoms with van der Waals surface area (Å²) in [7, 11) is 0. The summed E-state index contributed by atoms with van der Waals surface area (Å²) in [5.74, 6) is 2.91. The molecule has 4 nitrogen and oxygen atoms in total. The summed E-state index contributed by atoms with van der Waals surface area (Å²) >= 11 is 0. The van der Waals surface area contributed by atoms with Crippen LogP contribution in [0.3, 0.4) is 0 Å². The molecule has 2 fully saturated rings. The average Bonchev–Trinajstić information content (AvgIpc) is 2.99. The standard InChI is InChI=1S/C18H28N4.HI/c1-2-20-18(21-11-9-15-6-5-10-19-12-15)22-13-16-7-3-4-8-17(16)14-22;/h5-6,10,12,16-17H,2-4,7-9,11,13-14H2,1H3,(H,20,21);1H. The molecule has 0 spiro atoms. The quantitative estimate of drug-likeness (QED) is 0.455. The molecule has 1 aliphatic carbocycles. The Morgan fingerprint density at radius 1 is 1.30 bits per heavy atom. The number of aromatic nitrogens is 1. The second-order valence-electron chi connectivity index (χ2n) is 6.56. The molecule has 0 radical (unpaired) electrons. The van der Waals surface area contributed by atoms with E-state index in [1.807, 2.05) is 18.5 Å². The predicted octanol–water partition coefficient (Wildman–Crippen LogP) is 3.33. The maximum absolute atomic E-state index is 4.85. The lowest BCUT2D eigenvalue weighted by Gasteiger charge is -2.22. The largest absolute Gasteiger partial charge is 0.357 e. The third-order valence-corrected chi connectivity index (χ3v) is 5.00. The summed E-state index contributed by atoms with van der Waals surface area (Å²) in [6.45, 7) is 6.32. The molecule has 5 heteroatoms. The second kappa shape index (κ2) is 9.45. The van der Waals surface area contributed by atoms with E-state index in [0.717, 1.165) is 37.3 Å². The maximum Gasteiger partial charge on any atom is 0.193 e. The molecule has 2 atom stereocenters. The Balaban J connectivity index is 0.00000192. The summed E-state index contributed by atoms with van der Waals surface area (Å²) in [6, 6.07) is 4.12. The smallest absolute Gasteiger partial charge is 0.193 e. The molecule has 0 amide bonds. The summed E-state index contributed by atoms with van der Waals surface area (Å²) < 4.78 is 0. The van der Waals surface area contributed by atoms with E-state index in [4.69, 9.17) is 4.99 Å². The Morgan fingerprint density at radius 2 is 2.04 bits per heavy atom. The fourth-order valence-electron chi connectivity index (χ4n) is 3.84. The van der Waals surface area contributed by atoms with Crippen LogP contribution in [0.5, 0.6) is 0 Å². The van der Waals surface area contributed by atoms with Crippen LogP contribution in [0.25, 0.3) is 0 Å². The van der Waals surface area contributed by atoms with E-state index in [1.165, 1.54) is 44.3 Å². The minimum Gasteiger partial charge on any atom is -0.357 e. The first-order chi connectivity index (χ1) is 10.9. The van der Waals surface area contributed by atoms with Gasteiger partial charge in [0.25, 0.3) is 0 Å². The zero-order valence-electron chi connectivity index (χ0n) is 14.1. The Morgan fingerprint density at radius 3 is 2.65 bits per heavy atom. The van der Waals surface area contributed by atoms with Gasteiger partial charge in [-0.1, -0.05) is 18.9 Å². The van der Waals surface area contributed by atoms with Crippen LogP contribution in [0, 0.1) is 11.8 Å². The van der Waals surface area contributed by atoms with E-state index in [2.05, 4.69) is 28.2 Å². The zero-order chi connectivity index (χ0) is 15.2. The number of rotatable bonds is 4. The van der Waals surface area contributed by atoms with Gasteiger partial charge >= 0.3 is 0 Å². The second-order valence-corrected chi connectivity index (χ2v) is 6.56. The Kier molecular flexibility index (Phi) is 7.59. The van der Waals surface area contributed by atoms with Gasteiger partial charge in [-0.15, -0.1) is 24.0 Å². The van der Waals surface area contributed by atoms with E-state index in [0.29, 0.717) is 0 Å². The number of aliphatic imine (C=N–C) groups is 1. The molecule has 0 aromatic carbocycles. The van der Waals surface area contributed by atoms with Crippen LogP contribution in [0.4, 0.5) is 0 Å². The number of fused-ring (bicyclic) bond motifs is 1. The first-order valence-electron chi connectivity index (χ1n) is 8.79. The van der Waals surface area contributed by atoms with Gasteiger partial charge in [-0.05, 0) is 49.7 Å². The normalized spacial score (nSPS) is 24.0. The molecule has 2 heterocycles. The average molecular weight is 428 g/mol. The first-order valence-corrected chi connectivity index (χ1v) is 8.79. The Labute approximate surface area is 157 Å². The SMILES string of the molecule is CCNC(=NCCc1cccnc1)N1CC2CCCCC2C1.I. The van der Waals surface area contributed by atoms with Gasteiger partial charge in [-0.3, -0.25) is 9.98 Å². The molecule has 1 aromatic heterocycles. The van der Waals surface area contributed by atoms with Crippen molar-refractivity contribution in [3.8, 4) is 0 Å². The van der Waals surface area contributed by atoms with Crippen molar-refractivity contribution < 1.29 is 0 Å². The number of hydrogen-bond donors (Lipinski definition) is 1. The number of nitrogens with zero attached hydrogens (tertiary/aromatic N) is 3. The van der Waals surface area contributed by atoms with Crippen molar-refractivity contribution in [3.05, 3.63) is 30.1 Å². The summed E-state index contributed by atoms with van der Waals surface area (Å²) in [6.07, 6.45) is 10.4. The first kappa shape index (κ1) is 18.5. The molecule has 0 bridgehead atoms. The topological polar surface area (TPSA) is 40.5 Å². The van der Waals surface area contributed by atoms with Crippen LogP contribution in [0.1, 0.15) is 38.2 Å². The van der Waals surface area contributed by atoms with Crippen LogP contribution in [0.15, 0.2) is 29.5 Å². The van der Waals surface area contributed by atoms with Gasteiger partial charge in [0.05, 0.1) is 0 Å². The fraction of sp³-hybridized carbons (Fsp3) is 0.667. The number of nitrogens with one attached hydrogen (secondary N) is 1. The number of likely N-dealkylation sites (tertiary alicyclic amines) is 1. The van der Waals surface area contributed by atoms with Crippen LogP contribution in [0.2, 0.25) is 0 Å². The Hall–Kier alpha value is -0.850. The highest BCUT2D eigenvalue weighted by atomic mass is 127. The summed E-state index contributed by atoms with van der Waals surface area (Å²) in [5.41, 5.74) is 1.26. The van der Waals surface area contributed by atoms with E-state index < -0.39 is 0 Å². The molecule has 128 valence electrons. The van der Waals surface area contributed by atoms with E-state index >= 15 is 0 Å². The van der Waals surface area contributed by atoms with Gasteiger partial charge in [0.15, 0.2) is 5.96 Å². The van der Waals surface area contributed by atoms with Crippen LogP contribution >= 0.6 is 24.0 Å². The zero-order valence-corrected chi connectivity index (χ0v) is 16.4. The molecule has 23 heavy (non-hydrogen) atoms. The van der Waals surface area contributed by atoms with Crippen molar-refractivity contribution in [1.82, 2.24) is 15.2 Å². The molecule has 1 N–H and O–H groups in total. The van der Waals surface area contributed by atoms with Gasteiger partial charge in [0.2, 0.25) is 0 Å². The van der Waals surface area contributed by atoms with Gasteiger partial charge in [-0.25, -0.2) is 0 Å². The van der Waals surface area contributed by atoms with Crippen molar-refractivity contribution in [2.24, 2.45) is 16.8 Å². The number of guanidine groups is 1. The maximum atomic E-state index is 4.85. The molecule has 2 aliphatic rings. The highest BCUT2D eigenvalue weighted by molar-refractivity contribution is 14.0. The molecule has 1 saturated carbocycles. The van der Waals surface area contributed by atoms with Crippen molar-refractivity contribution >= 4 is 29.9 Å². The number of halogens is 1. The molecular formula is C18H29IN4. The molecule has 1 aliphatic heterocycles. The van der Waals surface area contributed by atoms with Crippen LogP contribution < -0.4 is 5.32 Å². The lowest BCUT2D eigenvalue weighted by Crippen LogP contribution is -2.40. The lowest BCUT2D eigenvalue weighted by atomic mass is 9.82. The number of pyridine rings is 1. The molecular weight excluding hydrogens is 399 g/mol. The van der Waals surface area contributed by atoms with Gasteiger partial charge in [0, 0.05) is 38.6 Å². The molecule has 1 aromatic rings. The van der Waals surface area contributed by atoms with Crippen LogP contribution in [-0.2, 0) is 6.42 Å². The number of hydrogen-bond acceptors (Lipinski definition) is 2. The third kappa shape index (κ3) is 5.06. The highest BCUT2D eigenvalue weighted by Gasteiger charge is 2.35. The van der Waals surface area contributed by atoms with Crippen molar-refractivity contribution in [3.63, 3.8) is 0 Å².